The Bertz CT molecular complexity index is 554. The lowest BCUT2D eigenvalue weighted by atomic mass is 10.1. The lowest BCUT2D eigenvalue weighted by Crippen LogP contribution is -2.45. The molecule has 0 radical (unpaired) electrons. The van der Waals surface area contributed by atoms with E-state index >= 15 is 0 Å². The van der Waals surface area contributed by atoms with Gasteiger partial charge in [-0.25, -0.2) is 0 Å². The van der Waals surface area contributed by atoms with Gasteiger partial charge in [0.1, 0.15) is 11.5 Å². The Morgan fingerprint density at radius 2 is 2.00 bits per heavy atom. The number of benzene rings is 1. The van der Waals surface area contributed by atoms with Gasteiger partial charge in [0, 0.05) is 37.8 Å². The number of nitrogens with zero attached hydrogens (tertiary/aromatic N) is 2. The summed E-state index contributed by atoms with van der Waals surface area (Å²) in [6.45, 7) is 1.54. The smallest absolute Gasteiger partial charge is 0.191 e. The molecule has 134 valence electrons. The molecule has 1 saturated carbocycles. The Balaban J connectivity index is 1.89. The summed E-state index contributed by atoms with van der Waals surface area (Å²) in [5.74, 6) is 3.21. The molecule has 0 amide bonds. The third-order valence-electron chi connectivity index (χ3n) is 4.47. The van der Waals surface area contributed by atoms with Crippen molar-refractivity contribution in [2.24, 2.45) is 10.9 Å². The quantitative estimate of drug-likeness (QED) is 0.560. The molecule has 1 fully saturated rings. The molecule has 6 nitrogen and oxygen atoms in total. The predicted octanol–water partition coefficient (Wildman–Crippen LogP) is 1.71. The lowest BCUT2D eigenvalue weighted by molar-refractivity contribution is 0.264. The van der Waals surface area contributed by atoms with E-state index in [4.69, 9.17) is 9.47 Å². The number of hydrogen-bond acceptors (Lipinski definition) is 4. The molecule has 0 heterocycles. The zero-order valence-corrected chi connectivity index (χ0v) is 15.4. The van der Waals surface area contributed by atoms with Crippen LogP contribution < -0.4 is 20.1 Å². The summed E-state index contributed by atoms with van der Waals surface area (Å²) in [7, 11) is 9.40. The van der Waals surface area contributed by atoms with Crippen LogP contribution in [0.25, 0.3) is 0 Å². The van der Waals surface area contributed by atoms with E-state index in [1.165, 1.54) is 12.8 Å². The van der Waals surface area contributed by atoms with Gasteiger partial charge in [-0.3, -0.25) is 4.99 Å². The van der Waals surface area contributed by atoms with Crippen molar-refractivity contribution in [2.75, 3.05) is 41.9 Å². The molecule has 0 spiro atoms. The maximum Gasteiger partial charge on any atom is 0.191 e. The normalized spacial score (nSPS) is 16.0. The van der Waals surface area contributed by atoms with E-state index < -0.39 is 0 Å². The van der Waals surface area contributed by atoms with Crippen LogP contribution >= 0.6 is 0 Å². The average molecular weight is 334 g/mol. The van der Waals surface area contributed by atoms with Crippen molar-refractivity contribution in [3.05, 3.63) is 23.8 Å². The summed E-state index contributed by atoms with van der Waals surface area (Å²) < 4.78 is 10.7. The summed E-state index contributed by atoms with van der Waals surface area (Å²) in [4.78, 5) is 6.61. The van der Waals surface area contributed by atoms with Crippen molar-refractivity contribution >= 4 is 5.96 Å². The Labute approximate surface area is 145 Å². The summed E-state index contributed by atoms with van der Waals surface area (Å²) in [6, 6.07) is 6.39. The number of aliphatic imine (C=N–C) groups is 1. The molecule has 24 heavy (non-hydrogen) atoms. The molecule has 1 aromatic rings. The highest BCUT2D eigenvalue weighted by Crippen LogP contribution is 2.34. The lowest BCUT2D eigenvalue weighted by Gasteiger charge is -2.25. The molecule has 1 unspecified atom stereocenters. The van der Waals surface area contributed by atoms with Crippen LogP contribution in [0.15, 0.2) is 23.2 Å². The third kappa shape index (κ3) is 5.03. The number of nitrogens with one attached hydrogen (secondary N) is 2. The molecular formula is C18H30N4O2. The van der Waals surface area contributed by atoms with Gasteiger partial charge in [0.05, 0.1) is 14.2 Å². The van der Waals surface area contributed by atoms with E-state index in [2.05, 4.69) is 34.6 Å². The first-order chi connectivity index (χ1) is 11.6. The van der Waals surface area contributed by atoms with Gasteiger partial charge < -0.3 is 25.0 Å². The molecule has 1 aromatic carbocycles. The Hall–Kier alpha value is -1.95. The fourth-order valence-electron chi connectivity index (χ4n) is 2.85. The second-order valence-corrected chi connectivity index (χ2v) is 6.35. The van der Waals surface area contributed by atoms with Crippen LogP contribution in [0.3, 0.4) is 0 Å². The molecule has 0 saturated heterocycles. The van der Waals surface area contributed by atoms with Crippen molar-refractivity contribution in [1.29, 1.82) is 0 Å². The fraction of sp³-hybridized carbons (Fsp3) is 0.611. The number of rotatable bonds is 8. The molecule has 0 aromatic heterocycles. The van der Waals surface area contributed by atoms with Crippen LogP contribution in [0.5, 0.6) is 11.5 Å². The van der Waals surface area contributed by atoms with Gasteiger partial charge in [0.15, 0.2) is 5.96 Å². The van der Waals surface area contributed by atoms with Crippen LogP contribution in [0, 0.1) is 5.92 Å². The summed E-state index contributed by atoms with van der Waals surface area (Å²) >= 11 is 0. The Kier molecular flexibility index (Phi) is 6.73. The van der Waals surface area contributed by atoms with Gasteiger partial charge in [-0.15, -0.1) is 0 Å². The van der Waals surface area contributed by atoms with Gasteiger partial charge in [0.2, 0.25) is 0 Å². The highest BCUT2D eigenvalue weighted by molar-refractivity contribution is 5.79. The molecule has 2 N–H and O–H groups in total. The Morgan fingerprint density at radius 1 is 1.25 bits per heavy atom. The van der Waals surface area contributed by atoms with E-state index in [1.54, 1.807) is 21.3 Å². The van der Waals surface area contributed by atoms with Crippen LogP contribution in [-0.4, -0.2) is 58.8 Å². The minimum absolute atomic E-state index is 0.555. The van der Waals surface area contributed by atoms with Crippen molar-refractivity contribution in [3.63, 3.8) is 0 Å². The minimum Gasteiger partial charge on any atom is -0.497 e. The van der Waals surface area contributed by atoms with Crippen LogP contribution in [0.1, 0.15) is 18.4 Å². The van der Waals surface area contributed by atoms with E-state index in [0.717, 1.165) is 35.5 Å². The van der Waals surface area contributed by atoms with Gasteiger partial charge in [-0.05, 0) is 45.0 Å². The zero-order chi connectivity index (χ0) is 17.5. The van der Waals surface area contributed by atoms with Crippen LogP contribution in [-0.2, 0) is 6.54 Å². The number of methoxy groups -OCH3 is 2. The highest BCUT2D eigenvalue weighted by Gasteiger charge is 2.32. The summed E-state index contributed by atoms with van der Waals surface area (Å²) in [5.41, 5.74) is 1.06. The number of guanidine groups is 1. The first-order valence-corrected chi connectivity index (χ1v) is 8.40. The monoisotopic (exact) mass is 334 g/mol. The van der Waals surface area contributed by atoms with Crippen molar-refractivity contribution < 1.29 is 9.47 Å². The zero-order valence-electron chi connectivity index (χ0n) is 15.4. The Morgan fingerprint density at radius 3 is 2.54 bits per heavy atom. The van der Waals surface area contributed by atoms with E-state index in [9.17, 15) is 0 Å². The SMILES string of the molecule is CN=C(NCc1ccc(OC)cc1OC)NCC(C1CC1)N(C)C. The third-order valence-corrected chi connectivity index (χ3v) is 4.47. The van der Waals surface area contributed by atoms with Crippen molar-refractivity contribution in [3.8, 4) is 11.5 Å². The average Bonchev–Trinajstić information content (AvgIpc) is 3.42. The highest BCUT2D eigenvalue weighted by atomic mass is 16.5. The topological polar surface area (TPSA) is 58.1 Å². The molecule has 1 atom stereocenters. The molecule has 0 bridgehead atoms. The van der Waals surface area contributed by atoms with Gasteiger partial charge in [-0.1, -0.05) is 0 Å². The maximum atomic E-state index is 5.44. The maximum absolute atomic E-state index is 5.44. The van der Waals surface area contributed by atoms with Crippen molar-refractivity contribution in [1.82, 2.24) is 15.5 Å². The summed E-state index contributed by atoms with van der Waals surface area (Å²) in [6.07, 6.45) is 2.67. The van der Waals surface area contributed by atoms with Crippen LogP contribution in [0.2, 0.25) is 0 Å². The number of hydrogen-bond donors (Lipinski definition) is 2. The summed E-state index contributed by atoms with van der Waals surface area (Å²) in [5, 5.41) is 6.79. The predicted molar refractivity (Wildman–Crippen MR) is 97.9 cm³/mol. The van der Waals surface area contributed by atoms with E-state index in [1.807, 2.05) is 18.2 Å². The minimum atomic E-state index is 0.555. The van der Waals surface area contributed by atoms with E-state index in [0.29, 0.717) is 12.6 Å². The standard InChI is InChI=1S/C18H30N4O2/c1-19-18(21-12-16(22(2)3)13-6-7-13)20-11-14-8-9-15(23-4)10-17(14)24-5/h8-10,13,16H,6-7,11-12H2,1-5H3,(H2,19,20,21). The van der Waals surface area contributed by atoms with Crippen molar-refractivity contribution in [2.45, 2.75) is 25.4 Å². The van der Waals surface area contributed by atoms with Gasteiger partial charge in [0.25, 0.3) is 0 Å². The van der Waals surface area contributed by atoms with Crippen LogP contribution in [0.4, 0.5) is 0 Å². The molecule has 6 heteroatoms. The van der Waals surface area contributed by atoms with Gasteiger partial charge in [-0.2, -0.15) is 0 Å². The largest absolute Gasteiger partial charge is 0.497 e. The first kappa shape index (κ1) is 18.4. The van der Waals surface area contributed by atoms with Gasteiger partial charge >= 0.3 is 0 Å². The molecule has 0 aliphatic heterocycles. The molecule has 1 aliphatic carbocycles. The molecule has 2 rings (SSSR count). The fourth-order valence-corrected chi connectivity index (χ4v) is 2.85. The second-order valence-electron chi connectivity index (χ2n) is 6.35. The number of ether oxygens (including phenoxy) is 2. The molecular weight excluding hydrogens is 304 g/mol. The number of likely N-dealkylation sites (N-methyl/N-ethyl adjacent to an activating group) is 1. The van der Waals surface area contributed by atoms with E-state index in [-0.39, 0.29) is 0 Å². The first-order valence-electron chi connectivity index (χ1n) is 8.40. The molecule has 1 aliphatic rings. The second kappa shape index (κ2) is 8.78.